The molecule has 0 N–H and O–H groups in total. The second-order valence-corrected chi connectivity index (χ2v) is 7.27. The van der Waals surface area contributed by atoms with Gasteiger partial charge in [0.2, 0.25) is 0 Å². The molecule has 1 aliphatic rings. The molecule has 0 spiro atoms. The first-order valence-corrected chi connectivity index (χ1v) is 9.19. The molecule has 0 radical (unpaired) electrons. The van der Waals surface area contributed by atoms with Gasteiger partial charge in [-0.05, 0) is 43.1 Å². The third-order valence-electron chi connectivity index (χ3n) is 4.50. The van der Waals surface area contributed by atoms with Crippen LogP contribution in [-0.2, 0) is 13.1 Å². The summed E-state index contributed by atoms with van der Waals surface area (Å²) < 4.78 is 5.97. The molecule has 1 fully saturated rings. The molecule has 0 unspecified atom stereocenters. The molecule has 0 bridgehead atoms. The van der Waals surface area contributed by atoms with Gasteiger partial charge < -0.3 is 4.42 Å². The van der Waals surface area contributed by atoms with Crippen LogP contribution in [0.15, 0.2) is 52.3 Å². The summed E-state index contributed by atoms with van der Waals surface area (Å²) in [5.41, 5.74) is 0.997. The summed E-state index contributed by atoms with van der Waals surface area (Å²) in [5.74, 6) is 1.08. The molecule has 4 rings (SSSR count). The second kappa shape index (κ2) is 6.87. The zero-order valence-electron chi connectivity index (χ0n) is 13.3. The van der Waals surface area contributed by atoms with Crippen molar-refractivity contribution < 1.29 is 4.42 Å². The number of hydrogen-bond donors (Lipinski definition) is 0. The van der Waals surface area contributed by atoms with E-state index in [0.717, 1.165) is 44.1 Å². The highest BCUT2D eigenvalue weighted by molar-refractivity contribution is 7.09. The van der Waals surface area contributed by atoms with Gasteiger partial charge in [-0.3, -0.25) is 9.80 Å². The Hall–Kier alpha value is -1.62. The Labute approximate surface area is 141 Å². The third kappa shape index (κ3) is 3.66. The minimum absolute atomic E-state index is 0.918. The van der Waals surface area contributed by atoms with Gasteiger partial charge in [0.25, 0.3) is 0 Å². The Balaban J connectivity index is 1.36. The minimum atomic E-state index is 0.918. The summed E-state index contributed by atoms with van der Waals surface area (Å²) in [7, 11) is 0. The highest BCUT2D eigenvalue weighted by Gasteiger charge is 2.16. The lowest BCUT2D eigenvalue weighted by Gasteiger charge is -2.20. The Kier molecular flexibility index (Phi) is 4.46. The first-order valence-electron chi connectivity index (χ1n) is 8.31. The molecule has 0 atom stereocenters. The third-order valence-corrected chi connectivity index (χ3v) is 5.36. The summed E-state index contributed by atoms with van der Waals surface area (Å²) in [5, 5.41) is 3.37. The van der Waals surface area contributed by atoms with Crippen LogP contribution in [-0.4, -0.2) is 36.0 Å². The van der Waals surface area contributed by atoms with Crippen LogP contribution in [0.25, 0.3) is 11.0 Å². The van der Waals surface area contributed by atoms with E-state index in [-0.39, 0.29) is 0 Å². The fourth-order valence-corrected chi connectivity index (χ4v) is 4.04. The van der Waals surface area contributed by atoms with E-state index < -0.39 is 0 Å². The zero-order valence-corrected chi connectivity index (χ0v) is 14.1. The number of benzene rings is 1. The summed E-state index contributed by atoms with van der Waals surface area (Å²) in [6.07, 6.45) is 1.23. The van der Waals surface area contributed by atoms with Crippen LogP contribution < -0.4 is 0 Å². The minimum Gasteiger partial charge on any atom is -0.460 e. The lowest BCUT2D eigenvalue weighted by molar-refractivity contribution is 0.237. The van der Waals surface area contributed by atoms with Crippen LogP contribution in [0.3, 0.4) is 0 Å². The van der Waals surface area contributed by atoms with Crippen LogP contribution in [0.4, 0.5) is 0 Å². The van der Waals surface area contributed by atoms with E-state index in [9.17, 15) is 0 Å². The molecule has 1 aliphatic heterocycles. The largest absolute Gasteiger partial charge is 0.460 e. The zero-order chi connectivity index (χ0) is 15.5. The van der Waals surface area contributed by atoms with Crippen molar-refractivity contribution in [2.24, 2.45) is 0 Å². The van der Waals surface area contributed by atoms with Gasteiger partial charge in [0.1, 0.15) is 11.3 Å². The number of nitrogens with zero attached hydrogens (tertiary/aromatic N) is 2. The molecule has 4 heteroatoms. The lowest BCUT2D eigenvalue weighted by Crippen LogP contribution is -2.30. The second-order valence-electron chi connectivity index (χ2n) is 6.24. The SMILES string of the molecule is c1csc(CN2CCCN(Cc3cc4ccccc4o3)CC2)c1. The normalized spacial score (nSPS) is 17.6. The molecule has 3 heterocycles. The van der Waals surface area contributed by atoms with Crippen LogP contribution in [0.5, 0.6) is 0 Å². The molecule has 120 valence electrons. The fraction of sp³-hybridized carbons (Fsp3) is 0.368. The highest BCUT2D eigenvalue weighted by Crippen LogP contribution is 2.21. The van der Waals surface area contributed by atoms with Crippen molar-refractivity contribution in [3.63, 3.8) is 0 Å². The topological polar surface area (TPSA) is 19.6 Å². The van der Waals surface area contributed by atoms with Crippen molar-refractivity contribution in [3.8, 4) is 0 Å². The van der Waals surface area contributed by atoms with Gasteiger partial charge in [-0.1, -0.05) is 24.3 Å². The molecule has 1 aromatic carbocycles. The Morgan fingerprint density at radius 1 is 0.913 bits per heavy atom. The summed E-state index contributed by atoms with van der Waals surface area (Å²) >= 11 is 1.86. The van der Waals surface area contributed by atoms with Crippen molar-refractivity contribution in [1.29, 1.82) is 0 Å². The monoisotopic (exact) mass is 326 g/mol. The van der Waals surface area contributed by atoms with Gasteiger partial charge in [0.05, 0.1) is 6.54 Å². The van der Waals surface area contributed by atoms with Crippen molar-refractivity contribution in [1.82, 2.24) is 9.80 Å². The standard InChI is InChI=1S/C19H22N2OS/c1-2-7-19-16(5-1)13-17(22-19)14-20-8-4-9-21(11-10-20)15-18-6-3-12-23-18/h1-3,5-7,12-13H,4,8-11,14-15H2. The maximum atomic E-state index is 5.97. The molecular formula is C19H22N2OS. The first kappa shape index (κ1) is 14.9. The maximum absolute atomic E-state index is 5.97. The van der Waals surface area contributed by atoms with Crippen LogP contribution in [0, 0.1) is 0 Å². The molecule has 3 nitrogen and oxygen atoms in total. The van der Waals surface area contributed by atoms with E-state index in [1.54, 1.807) is 0 Å². The van der Waals surface area contributed by atoms with Crippen LogP contribution in [0.2, 0.25) is 0 Å². The predicted molar refractivity (Wildman–Crippen MR) is 95.7 cm³/mol. The Morgan fingerprint density at radius 3 is 2.52 bits per heavy atom. The molecular weight excluding hydrogens is 304 g/mol. The van der Waals surface area contributed by atoms with Gasteiger partial charge >= 0.3 is 0 Å². The number of hydrogen-bond acceptors (Lipinski definition) is 4. The maximum Gasteiger partial charge on any atom is 0.134 e. The van der Waals surface area contributed by atoms with E-state index >= 15 is 0 Å². The smallest absolute Gasteiger partial charge is 0.134 e. The predicted octanol–water partition coefficient (Wildman–Crippen LogP) is 4.20. The molecule has 3 aromatic rings. The van der Waals surface area contributed by atoms with Gasteiger partial charge in [0.15, 0.2) is 0 Å². The van der Waals surface area contributed by atoms with E-state index in [1.165, 1.54) is 23.2 Å². The molecule has 2 aromatic heterocycles. The molecule has 0 aliphatic carbocycles. The fourth-order valence-electron chi connectivity index (χ4n) is 3.30. The summed E-state index contributed by atoms with van der Waals surface area (Å²) in [6.45, 7) is 6.60. The molecule has 0 amide bonds. The van der Waals surface area contributed by atoms with Crippen molar-refractivity contribution in [2.75, 3.05) is 26.2 Å². The van der Waals surface area contributed by atoms with E-state index in [1.807, 2.05) is 23.5 Å². The number of fused-ring (bicyclic) bond motifs is 1. The Morgan fingerprint density at radius 2 is 1.74 bits per heavy atom. The van der Waals surface area contributed by atoms with Gasteiger partial charge in [-0.2, -0.15) is 0 Å². The number of thiophene rings is 1. The molecule has 1 saturated heterocycles. The summed E-state index contributed by atoms with van der Waals surface area (Å²) in [4.78, 5) is 6.56. The number of furan rings is 1. The van der Waals surface area contributed by atoms with Crippen molar-refractivity contribution in [3.05, 3.63) is 58.5 Å². The number of rotatable bonds is 4. The van der Waals surface area contributed by atoms with Crippen LogP contribution >= 0.6 is 11.3 Å². The van der Waals surface area contributed by atoms with Crippen LogP contribution in [0.1, 0.15) is 17.1 Å². The van der Waals surface area contributed by atoms with E-state index in [0.29, 0.717) is 0 Å². The van der Waals surface area contributed by atoms with Gasteiger partial charge in [-0.25, -0.2) is 0 Å². The number of para-hydroxylation sites is 1. The summed E-state index contributed by atoms with van der Waals surface area (Å²) in [6, 6.07) is 14.8. The first-order chi connectivity index (χ1) is 11.4. The van der Waals surface area contributed by atoms with Gasteiger partial charge in [-0.15, -0.1) is 11.3 Å². The highest BCUT2D eigenvalue weighted by atomic mass is 32.1. The van der Waals surface area contributed by atoms with Crippen molar-refractivity contribution in [2.45, 2.75) is 19.5 Å². The quantitative estimate of drug-likeness (QED) is 0.716. The molecule has 23 heavy (non-hydrogen) atoms. The lowest BCUT2D eigenvalue weighted by atomic mass is 10.2. The van der Waals surface area contributed by atoms with Crippen molar-refractivity contribution >= 4 is 22.3 Å². The average molecular weight is 326 g/mol. The van der Waals surface area contributed by atoms with E-state index in [4.69, 9.17) is 4.42 Å². The Bertz CT molecular complexity index is 717. The average Bonchev–Trinajstić information content (AvgIpc) is 3.15. The van der Waals surface area contributed by atoms with Gasteiger partial charge in [0, 0.05) is 29.9 Å². The molecule has 0 saturated carbocycles. The van der Waals surface area contributed by atoms with E-state index in [2.05, 4.69) is 45.5 Å².